The molecule has 0 saturated carbocycles. The minimum Gasteiger partial charge on any atom is -0.0617 e. The van der Waals surface area contributed by atoms with Crippen LogP contribution in [0.5, 0.6) is 0 Å². The average Bonchev–Trinajstić information content (AvgIpc) is 2.52. The Morgan fingerprint density at radius 3 is 2.75 bits per heavy atom. The third-order valence-electron chi connectivity index (χ3n) is 3.46. The van der Waals surface area contributed by atoms with Gasteiger partial charge in [-0.1, -0.05) is 18.2 Å². The van der Waals surface area contributed by atoms with Crippen LogP contribution in [0.25, 0.3) is 0 Å². The lowest BCUT2D eigenvalue weighted by atomic mass is 9.84. The van der Waals surface area contributed by atoms with Crippen LogP contribution in [-0.2, 0) is 12.8 Å². The van der Waals surface area contributed by atoms with Gasteiger partial charge in [0, 0.05) is 0 Å². The first-order valence-corrected chi connectivity index (χ1v) is 5.06. The molecule has 0 aromatic heterocycles. The summed E-state index contributed by atoms with van der Waals surface area (Å²) >= 11 is 0. The van der Waals surface area contributed by atoms with E-state index in [1.54, 1.807) is 16.7 Å². The Kier molecular flexibility index (Phi) is 1.31. The molecule has 0 aliphatic heterocycles. The summed E-state index contributed by atoms with van der Waals surface area (Å²) in [5.41, 5.74) is 5.04. The Bertz CT molecular complexity index is 312. The topological polar surface area (TPSA) is 0 Å². The van der Waals surface area contributed by atoms with Crippen molar-refractivity contribution in [3.05, 3.63) is 34.9 Å². The zero-order valence-corrected chi connectivity index (χ0v) is 7.34. The lowest BCUT2D eigenvalue weighted by Crippen LogP contribution is -2.05. The summed E-state index contributed by atoms with van der Waals surface area (Å²) in [5, 5.41) is 0. The van der Waals surface area contributed by atoms with Gasteiger partial charge in [0.25, 0.3) is 0 Å². The molecule has 0 fully saturated rings. The Balaban J connectivity index is 2.23. The maximum absolute atomic E-state index is 2.33. The summed E-state index contributed by atoms with van der Waals surface area (Å²) in [5.74, 6) is 0.935. The second kappa shape index (κ2) is 2.35. The quantitative estimate of drug-likeness (QED) is 0.544. The summed E-state index contributed by atoms with van der Waals surface area (Å²) in [6, 6.07) is 6.89. The third-order valence-corrected chi connectivity index (χ3v) is 3.46. The molecule has 2 aliphatic carbocycles. The monoisotopic (exact) mass is 158 g/mol. The van der Waals surface area contributed by atoms with Crippen molar-refractivity contribution in [3.8, 4) is 0 Å². The molecule has 0 heterocycles. The van der Waals surface area contributed by atoms with E-state index >= 15 is 0 Å². The Labute approximate surface area is 73.6 Å². The standard InChI is InChI=1S/C12H14/c1-3-9-4-2-6-11-8-7-10(5-1)12(9)11/h1,3,5,11H,2,4,6-8H2/t11-/m1/s1. The van der Waals surface area contributed by atoms with E-state index in [-0.39, 0.29) is 0 Å². The largest absolute Gasteiger partial charge is 0.0617 e. The molecule has 3 rings (SSSR count). The molecule has 0 nitrogen and oxygen atoms in total. The van der Waals surface area contributed by atoms with Crippen molar-refractivity contribution >= 4 is 0 Å². The van der Waals surface area contributed by atoms with Gasteiger partial charge in [0.1, 0.15) is 0 Å². The minimum atomic E-state index is 0.935. The molecule has 0 heteroatoms. The van der Waals surface area contributed by atoms with Crippen LogP contribution in [0.4, 0.5) is 0 Å². The highest BCUT2D eigenvalue weighted by Gasteiger charge is 2.27. The molecule has 1 atom stereocenters. The SMILES string of the molecule is c1cc2c3c(c1)CC[C@H]3CCC2. The van der Waals surface area contributed by atoms with Gasteiger partial charge in [-0.15, -0.1) is 0 Å². The van der Waals surface area contributed by atoms with Crippen molar-refractivity contribution in [2.45, 2.75) is 38.0 Å². The van der Waals surface area contributed by atoms with Gasteiger partial charge in [-0.3, -0.25) is 0 Å². The molecule has 1 aromatic carbocycles. The first-order chi connectivity index (χ1) is 5.95. The Hall–Kier alpha value is -0.780. The van der Waals surface area contributed by atoms with Crippen molar-refractivity contribution in [2.24, 2.45) is 0 Å². The predicted octanol–water partition coefficient (Wildman–Crippen LogP) is 3.05. The first-order valence-electron chi connectivity index (χ1n) is 5.06. The van der Waals surface area contributed by atoms with Crippen LogP contribution in [0.15, 0.2) is 18.2 Å². The molecule has 1 aromatic rings. The summed E-state index contributed by atoms with van der Waals surface area (Å²) in [4.78, 5) is 0. The summed E-state index contributed by atoms with van der Waals surface area (Å²) in [6.07, 6.45) is 6.96. The highest BCUT2D eigenvalue weighted by Crippen LogP contribution is 2.42. The normalized spacial score (nSPS) is 25.5. The highest BCUT2D eigenvalue weighted by atomic mass is 14.3. The summed E-state index contributed by atoms with van der Waals surface area (Å²) in [6.45, 7) is 0. The van der Waals surface area contributed by atoms with E-state index in [4.69, 9.17) is 0 Å². The van der Waals surface area contributed by atoms with E-state index in [9.17, 15) is 0 Å². The van der Waals surface area contributed by atoms with E-state index in [1.165, 1.54) is 32.1 Å². The van der Waals surface area contributed by atoms with Gasteiger partial charge < -0.3 is 0 Å². The molecule has 0 bridgehead atoms. The number of aryl methyl sites for hydroxylation is 2. The smallest absolute Gasteiger partial charge is 0.0153 e. The molecule has 0 N–H and O–H groups in total. The second-order valence-electron chi connectivity index (χ2n) is 4.12. The van der Waals surface area contributed by atoms with E-state index in [1.807, 2.05) is 0 Å². The fraction of sp³-hybridized carbons (Fsp3) is 0.500. The fourth-order valence-corrected chi connectivity index (χ4v) is 2.93. The van der Waals surface area contributed by atoms with Crippen LogP contribution in [-0.4, -0.2) is 0 Å². The van der Waals surface area contributed by atoms with Crippen molar-refractivity contribution in [3.63, 3.8) is 0 Å². The summed E-state index contributed by atoms with van der Waals surface area (Å²) in [7, 11) is 0. The lowest BCUT2D eigenvalue weighted by Gasteiger charge is -2.21. The van der Waals surface area contributed by atoms with E-state index in [0.717, 1.165) is 5.92 Å². The maximum Gasteiger partial charge on any atom is -0.0153 e. The molecule has 0 saturated heterocycles. The number of benzene rings is 1. The van der Waals surface area contributed by atoms with Gasteiger partial charge >= 0.3 is 0 Å². The minimum absolute atomic E-state index is 0.935. The fourth-order valence-electron chi connectivity index (χ4n) is 2.93. The summed E-state index contributed by atoms with van der Waals surface area (Å²) < 4.78 is 0. The average molecular weight is 158 g/mol. The third kappa shape index (κ3) is 0.782. The van der Waals surface area contributed by atoms with Crippen molar-refractivity contribution in [1.82, 2.24) is 0 Å². The Morgan fingerprint density at radius 2 is 1.83 bits per heavy atom. The maximum atomic E-state index is 2.33. The van der Waals surface area contributed by atoms with Crippen LogP contribution in [0.1, 0.15) is 41.9 Å². The van der Waals surface area contributed by atoms with Gasteiger partial charge in [-0.05, 0) is 54.7 Å². The van der Waals surface area contributed by atoms with Gasteiger partial charge in [0.2, 0.25) is 0 Å². The van der Waals surface area contributed by atoms with E-state index in [0.29, 0.717) is 0 Å². The zero-order chi connectivity index (χ0) is 7.97. The van der Waals surface area contributed by atoms with E-state index in [2.05, 4.69) is 18.2 Å². The predicted molar refractivity (Wildman–Crippen MR) is 50.4 cm³/mol. The zero-order valence-electron chi connectivity index (χ0n) is 7.34. The molecule has 0 spiro atoms. The lowest BCUT2D eigenvalue weighted by molar-refractivity contribution is 0.555. The second-order valence-corrected chi connectivity index (χ2v) is 4.12. The molecule has 0 radical (unpaired) electrons. The molecule has 12 heavy (non-hydrogen) atoms. The van der Waals surface area contributed by atoms with Crippen LogP contribution in [0, 0.1) is 0 Å². The molecule has 2 aliphatic rings. The first kappa shape index (κ1) is 6.71. The molecule has 62 valence electrons. The van der Waals surface area contributed by atoms with Crippen molar-refractivity contribution in [1.29, 1.82) is 0 Å². The number of hydrogen-bond donors (Lipinski definition) is 0. The van der Waals surface area contributed by atoms with Crippen molar-refractivity contribution < 1.29 is 0 Å². The van der Waals surface area contributed by atoms with Gasteiger partial charge in [0.05, 0.1) is 0 Å². The highest BCUT2D eigenvalue weighted by molar-refractivity contribution is 5.43. The molecule has 0 amide bonds. The van der Waals surface area contributed by atoms with Crippen LogP contribution < -0.4 is 0 Å². The number of hydrogen-bond acceptors (Lipinski definition) is 0. The van der Waals surface area contributed by atoms with Crippen LogP contribution >= 0.6 is 0 Å². The van der Waals surface area contributed by atoms with Crippen LogP contribution in [0.3, 0.4) is 0 Å². The van der Waals surface area contributed by atoms with Gasteiger partial charge in [-0.2, -0.15) is 0 Å². The molecular formula is C12H14. The Morgan fingerprint density at radius 1 is 1.00 bits per heavy atom. The molecular weight excluding hydrogens is 144 g/mol. The van der Waals surface area contributed by atoms with Crippen LogP contribution in [0.2, 0.25) is 0 Å². The van der Waals surface area contributed by atoms with Gasteiger partial charge in [0.15, 0.2) is 0 Å². The molecule has 0 unspecified atom stereocenters. The van der Waals surface area contributed by atoms with Gasteiger partial charge in [-0.25, -0.2) is 0 Å². The van der Waals surface area contributed by atoms with E-state index < -0.39 is 0 Å². The van der Waals surface area contributed by atoms with Crippen molar-refractivity contribution in [2.75, 3.05) is 0 Å². The number of rotatable bonds is 0.